The van der Waals surface area contributed by atoms with Crippen LogP contribution >= 0.6 is 0 Å². The highest BCUT2D eigenvalue weighted by molar-refractivity contribution is 5.27. The number of methoxy groups -OCH3 is 1. The summed E-state index contributed by atoms with van der Waals surface area (Å²) in [7, 11) is 1.75. The van der Waals surface area contributed by atoms with Gasteiger partial charge in [-0.05, 0) is 37.1 Å². The van der Waals surface area contributed by atoms with E-state index in [9.17, 15) is 5.11 Å². The van der Waals surface area contributed by atoms with Gasteiger partial charge in [-0.3, -0.25) is 4.90 Å². The van der Waals surface area contributed by atoms with Gasteiger partial charge in [-0.15, -0.1) is 0 Å². The van der Waals surface area contributed by atoms with Crippen LogP contribution in [-0.2, 0) is 11.3 Å². The summed E-state index contributed by atoms with van der Waals surface area (Å²) < 4.78 is 11.0. The van der Waals surface area contributed by atoms with Crippen molar-refractivity contribution in [2.45, 2.75) is 31.6 Å². The van der Waals surface area contributed by atoms with Crippen LogP contribution in [0.5, 0.6) is 5.75 Å². The monoisotopic (exact) mass is 294 g/mol. The average molecular weight is 294 g/mol. The van der Waals surface area contributed by atoms with E-state index in [1.165, 1.54) is 0 Å². The summed E-state index contributed by atoms with van der Waals surface area (Å²) in [5, 5.41) is 10.1. The summed E-state index contributed by atoms with van der Waals surface area (Å²) in [5.41, 5.74) is 6.62. The SMILES string of the molecule is COC1CCCN(CC(O)COc2ccc(CN)cc2)C1. The molecule has 1 fully saturated rings. The van der Waals surface area contributed by atoms with Crippen molar-refractivity contribution in [3.63, 3.8) is 0 Å². The Morgan fingerprint density at radius 3 is 2.81 bits per heavy atom. The molecule has 1 aliphatic heterocycles. The van der Waals surface area contributed by atoms with E-state index in [-0.39, 0.29) is 6.10 Å². The number of nitrogens with two attached hydrogens (primary N) is 1. The molecule has 3 N–H and O–H groups in total. The maximum absolute atomic E-state index is 10.1. The van der Waals surface area contributed by atoms with E-state index >= 15 is 0 Å². The molecule has 0 aliphatic carbocycles. The van der Waals surface area contributed by atoms with Gasteiger partial charge >= 0.3 is 0 Å². The second-order valence-electron chi connectivity index (χ2n) is 5.57. The van der Waals surface area contributed by atoms with Gasteiger partial charge in [-0.2, -0.15) is 0 Å². The van der Waals surface area contributed by atoms with Crippen molar-refractivity contribution in [3.05, 3.63) is 29.8 Å². The van der Waals surface area contributed by atoms with Gasteiger partial charge < -0.3 is 20.3 Å². The number of aliphatic hydroxyl groups is 1. The van der Waals surface area contributed by atoms with Crippen molar-refractivity contribution in [1.29, 1.82) is 0 Å². The molecule has 0 spiro atoms. The number of ether oxygens (including phenoxy) is 2. The van der Waals surface area contributed by atoms with E-state index < -0.39 is 6.10 Å². The summed E-state index contributed by atoms with van der Waals surface area (Å²) in [5.74, 6) is 0.764. The number of aliphatic hydroxyl groups excluding tert-OH is 1. The molecule has 5 nitrogen and oxygen atoms in total. The Morgan fingerprint density at radius 2 is 2.14 bits per heavy atom. The molecular formula is C16H26N2O3. The fourth-order valence-electron chi connectivity index (χ4n) is 2.64. The van der Waals surface area contributed by atoms with Crippen LogP contribution in [0.1, 0.15) is 18.4 Å². The van der Waals surface area contributed by atoms with Crippen LogP contribution in [0, 0.1) is 0 Å². The Bertz CT molecular complexity index is 410. The number of rotatable bonds is 7. The zero-order chi connectivity index (χ0) is 15.1. The van der Waals surface area contributed by atoms with E-state index in [2.05, 4.69) is 4.90 Å². The van der Waals surface area contributed by atoms with Gasteiger partial charge in [0.2, 0.25) is 0 Å². The molecule has 0 saturated carbocycles. The Morgan fingerprint density at radius 1 is 1.38 bits per heavy atom. The molecule has 0 amide bonds. The Balaban J connectivity index is 1.72. The quantitative estimate of drug-likeness (QED) is 0.785. The number of piperidine rings is 1. The Labute approximate surface area is 126 Å². The second kappa shape index (κ2) is 8.34. The molecule has 21 heavy (non-hydrogen) atoms. The number of hydrogen-bond donors (Lipinski definition) is 2. The molecule has 2 unspecified atom stereocenters. The minimum atomic E-state index is -0.491. The maximum Gasteiger partial charge on any atom is 0.119 e. The third kappa shape index (κ3) is 5.28. The van der Waals surface area contributed by atoms with Crippen LogP contribution in [0.4, 0.5) is 0 Å². The number of β-amino-alcohol motifs (C(OH)–C–C–N with tert-alkyl or cyclic N) is 1. The van der Waals surface area contributed by atoms with Crippen molar-refractivity contribution < 1.29 is 14.6 Å². The highest BCUT2D eigenvalue weighted by Crippen LogP contribution is 2.14. The lowest BCUT2D eigenvalue weighted by molar-refractivity contribution is 0.00445. The zero-order valence-electron chi connectivity index (χ0n) is 12.7. The minimum absolute atomic E-state index is 0.288. The first kappa shape index (κ1) is 16.2. The molecule has 2 rings (SSSR count). The van der Waals surface area contributed by atoms with E-state index in [4.69, 9.17) is 15.2 Å². The third-order valence-corrected chi connectivity index (χ3v) is 3.87. The van der Waals surface area contributed by atoms with Crippen LogP contribution in [0.25, 0.3) is 0 Å². The number of hydrogen-bond acceptors (Lipinski definition) is 5. The topological polar surface area (TPSA) is 68.0 Å². The van der Waals surface area contributed by atoms with Crippen LogP contribution in [-0.4, -0.2) is 55.6 Å². The van der Waals surface area contributed by atoms with Gasteiger partial charge in [0.05, 0.1) is 6.10 Å². The first-order chi connectivity index (χ1) is 10.2. The Kier molecular flexibility index (Phi) is 6.45. The standard InChI is InChI=1S/C16H26N2O3/c1-20-16-3-2-8-18(11-16)10-14(19)12-21-15-6-4-13(9-17)5-7-15/h4-7,14,16,19H,2-3,8-12,17H2,1H3. The smallest absolute Gasteiger partial charge is 0.119 e. The molecule has 5 heteroatoms. The summed E-state index contributed by atoms with van der Waals surface area (Å²) in [6.45, 7) is 3.36. The highest BCUT2D eigenvalue weighted by atomic mass is 16.5. The van der Waals surface area contributed by atoms with E-state index in [1.54, 1.807) is 7.11 Å². The summed E-state index contributed by atoms with van der Waals surface area (Å²) in [6.07, 6.45) is 2.02. The molecule has 1 heterocycles. The van der Waals surface area contributed by atoms with Crippen LogP contribution < -0.4 is 10.5 Å². The fourth-order valence-corrected chi connectivity index (χ4v) is 2.64. The largest absolute Gasteiger partial charge is 0.491 e. The predicted molar refractivity (Wildman–Crippen MR) is 82.3 cm³/mol. The molecule has 0 radical (unpaired) electrons. The van der Waals surface area contributed by atoms with Gasteiger partial charge in [-0.25, -0.2) is 0 Å². The minimum Gasteiger partial charge on any atom is -0.491 e. The van der Waals surface area contributed by atoms with Crippen molar-refractivity contribution in [2.24, 2.45) is 5.73 Å². The molecule has 1 saturated heterocycles. The molecule has 0 aromatic heterocycles. The number of likely N-dealkylation sites (tertiary alicyclic amines) is 1. The van der Waals surface area contributed by atoms with Gasteiger partial charge in [0.25, 0.3) is 0 Å². The van der Waals surface area contributed by atoms with Crippen molar-refractivity contribution >= 4 is 0 Å². The van der Waals surface area contributed by atoms with Gasteiger partial charge in [-0.1, -0.05) is 12.1 Å². The molecular weight excluding hydrogens is 268 g/mol. The highest BCUT2D eigenvalue weighted by Gasteiger charge is 2.21. The molecule has 0 bridgehead atoms. The van der Waals surface area contributed by atoms with Crippen LogP contribution in [0.2, 0.25) is 0 Å². The predicted octanol–water partition coefficient (Wildman–Crippen LogP) is 0.996. The van der Waals surface area contributed by atoms with Gasteiger partial charge in [0.15, 0.2) is 0 Å². The van der Waals surface area contributed by atoms with Crippen LogP contribution in [0.15, 0.2) is 24.3 Å². The van der Waals surface area contributed by atoms with Crippen molar-refractivity contribution in [3.8, 4) is 5.75 Å². The second-order valence-corrected chi connectivity index (χ2v) is 5.57. The van der Waals surface area contributed by atoms with Gasteiger partial charge in [0.1, 0.15) is 18.5 Å². The molecule has 1 aromatic carbocycles. The van der Waals surface area contributed by atoms with Crippen molar-refractivity contribution in [2.75, 3.05) is 33.4 Å². The molecule has 2 atom stereocenters. The van der Waals surface area contributed by atoms with E-state index in [0.29, 0.717) is 19.7 Å². The third-order valence-electron chi connectivity index (χ3n) is 3.87. The van der Waals surface area contributed by atoms with E-state index in [0.717, 1.165) is 37.2 Å². The Hall–Kier alpha value is -1.14. The number of nitrogens with zero attached hydrogens (tertiary/aromatic N) is 1. The first-order valence-electron chi connectivity index (χ1n) is 7.56. The summed E-state index contributed by atoms with van der Waals surface area (Å²) >= 11 is 0. The van der Waals surface area contributed by atoms with Gasteiger partial charge in [0, 0.05) is 26.7 Å². The molecule has 1 aromatic rings. The summed E-state index contributed by atoms with van der Waals surface area (Å²) in [4.78, 5) is 2.24. The van der Waals surface area contributed by atoms with Crippen molar-refractivity contribution in [1.82, 2.24) is 4.90 Å². The maximum atomic E-state index is 10.1. The first-order valence-corrected chi connectivity index (χ1v) is 7.56. The normalized spacial score (nSPS) is 21.2. The zero-order valence-corrected chi connectivity index (χ0v) is 12.7. The lowest BCUT2D eigenvalue weighted by atomic mass is 10.1. The average Bonchev–Trinajstić information content (AvgIpc) is 2.53. The number of benzene rings is 1. The van der Waals surface area contributed by atoms with Crippen LogP contribution in [0.3, 0.4) is 0 Å². The fraction of sp³-hybridized carbons (Fsp3) is 0.625. The lowest BCUT2D eigenvalue weighted by Gasteiger charge is -2.33. The van der Waals surface area contributed by atoms with E-state index in [1.807, 2.05) is 24.3 Å². The lowest BCUT2D eigenvalue weighted by Crippen LogP contribution is -2.44. The summed E-state index contributed by atoms with van der Waals surface area (Å²) in [6, 6.07) is 7.65. The molecule has 118 valence electrons. The molecule has 1 aliphatic rings.